The van der Waals surface area contributed by atoms with Crippen LogP contribution in [0.2, 0.25) is 0 Å². The molecule has 3 aliphatic carbocycles. The molecule has 6 N–H and O–H groups in total. The zero-order valence-electron chi connectivity index (χ0n) is 20.1. The number of rotatable bonds is 4. The van der Waals surface area contributed by atoms with E-state index in [1.165, 1.54) is 23.9 Å². The number of phenolic OH excluding ortho intramolecular Hbond substituents is 1. The van der Waals surface area contributed by atoms with Gasteiger partial charge >= 0.3 is 0 Å². The predicted molar refractivity (Wildman–Crippen MR) is 122 cm³/mol. The van der Waals surface area contributed by atoms with Crippen LogP contribution in [0.25, 0.3) is 5.76 Å². The minimum atomic E-state index is -2.80. The number of hydrogen-bond donors (Lipinski definition) is 5. The maximum absolute atomic E-state index is 15.1. The van der Waals surface area contributed by atoms with Crippen LogP contribution in [0.1, 0.15) is 23.1 Å². The summed E-state index contributed by atoms with van der Waals surface area (Å²) in [7, 11) is 6.04. The summed E-state index contributed by atoms with van der Waals surface area (Å²) in [5.74, 6) is -11.2. The van der Waals surface area contributed by atoms with Gasteiger partial charge in [-0.2, -0.15) is 0 Å². The molecule has 0 saturated heterocycles. The number of halogens is 2. The largest absolute Gasteiger partial charge is 0.508 e. The third-order valence-corrected chi connectivity index (χ3v) is 7.33. The number of aliphatic hydroxyl groups is 3. The Balaban J connectivity index is 1.99. The summed E-state index contributed by atoms with van der Waals surface area (Å²) in [5, 5.41) is 44.2. The van der Waals surface area contributed by atoms with Crippen LogP contribution in [0, 0.1) is 23.5 Å². The lowest BCUT2D eigenvalue weighted by atomic mass is 9.57. The van der Waals surface area contributed by atoms with Crippen molar-refractivity contribution in [2.75, 3.05) is 28.2 Å². The normalized spacial score (nSPS) is 28.0. The first-order chi connectivity index (χ1) is 16.7. The number of amides is 1. The molecule has 12 heteroatoms. The van der Waals surface area contributed by atoms with E-state index in [2.05, 4.69) is 0 Å². The van der Waals surface area contributed by atoms with E-state index in [-0.39, 0.29) is 24.9 Å². The topological polar surface area (TPSA) is 165 Å². The number of Topliss-reactive ketones (excluding diaryl/α,β-unsaturated/α-hetero) is 2. The number of aliphatic hydroxyl groups excluding tert-OH is 2. The molecule has 4 atom stereocenters. The van der Waals surface area contributed by atoms with Crippen LogP contribution >= 0.6 is 0 Å². The highest BCUT2D eigenvalue weighted by atomic mass is 19.2. The Hall–Kier alpha value is -3.35. The Morgan fingerprint density at radius 3 is 2.25 bits per heavy atom. The molecule has 0 aromatic heterocycles. The summed E-state index contributed by atoms with van der Waals surface area (Å²) in [5.41, 5.74) is -0.157. The van der Waals surface area contributed by atoms with Gasteiger partial charge in [0.25, 0.3) is 5.91 Å². The average Bonchev–Trinajstić information content (AvgIpc) is 2.76. The third-order valence-electron chi connectivity index (χ3n) is 7.33. The van der Waals surface area contributed by atoms with Crippen LogP contribution in [0.5, 0.6) is 5.75 Å². The molecule has 0 aliphatic heterocycles. The van der Waals surface area contributed by atoms with E-state index in [1.807, 2.05) is 0 Å². The van der Waals surface area contributed by atoms with Gasteiger partial charge in [-0.1, -0.05) is 0 Å². The number of nitrogens with zero attached hydrogens (tertiary/aromatic N) is 2. The molecule has 1 aromatic rings. The standard InChI is InChI=1S/C24H27F2N3O7/c1-28(2)7-10-16(26)15(25)9-5-8-6-11-17(29(3)4)20(32)14(23(27)35)22(34)24(11,36)21(33)12(8)19(31)13(9)18(10)30/h8,11,17,30-31,34,36H,5-7H2,1-4H3,(H2,27,35)/t8-,11-,17-,24-/m0/s1. The number of carbonyl (C=O) groups excluding carboxylic acids is 3. The quantitative estimate of drug-likeness (QED) is 0.361. The van der Waals surface area contributed by atoms with E-state index in [1.54, 1.807) is 14.1 Å². The van der Waals surface area contributed by atoms with Gasteiger partial charge in [-0.3, -0.25) is 19.3 Å². The van der Waals surface area contributed by atoms with Crippen LogP contribution in [-0.2, 0) is 27.3 Å². The molecule has 0 radical (unpaired) electrons. The zero-order valence-corrected chi connectivity index (χ0v) is 20.1. The predicted octanol–water partition coefficient (Wildman–Crippen LogP) is 0.304. The summed E-state index contributed by atoms with van der Waals surface area (Å²) in [4.78, 5) is 41.5. The first kappa shape index (κ1) is 25.7. The number of ketones is 2. The Bertz CT molecular complexity index is 1290. The van der Waals surface area contributed by atoms with Gasteiger partial charge in [0, 0.05) is 29.2 Å². The summed E-state index contributed by atoms with van der Waals surface area (Å²) in [6.45, 7) is -0.216. The van der Waals surface area contributed by atoms with Crippen LogP contribution in [0.15, 0.2) is 16.9 Å². The van der Waals surface area contributed by atoms with Crippen molar-refractivity contribution in [2.24, 2.45) is 17.6 Å². The molecular weight excluding hydrogens is 480 g/mol. The highest BCUT2D eigenvalue weighted by molar-refractivity contribution is 6.24. The molecular formula is C24H27F2N3O7. The van der Waals surface area contributed by atoms with E-state index in [0.717, 1.165) is 0 Å². The molecule has 0 spiro atoms. The third kappa shape index (κ3) is 3.28. The summed E-state index contributed by atoms with van der Waals surface area (Å²) in [6.07, 6.45) is -0.542. The molecule has 0 bridgehead atoms. The van der Waals surface area contributed by atoms with Crippen molar-refractivity contribution in [3.63, 3.8) is 0 Å². The lowest BCUT2D eigenvalue weighted by Gasteiger charge is -2.50. The molecule has 0 heterocycles. The van der Waals surface area contributed by atoms with Crippen LogP contribution in [0.3, 0.4) is 0 Å². The zero-order chi connectivity index (χ0) is 27.0. The second-order valence-corrected chi connectivity index (χ2v) is 10.0. The minimum absolute atomic E-state index is 0.215. The number of nitrogens with two attached hydrogens (primary N) is 1. The van der Waals surface area contributed by atoms with Gasteiger partial charge in [0.1, 0.15) is 22.8 Å². The molecule has 36 heavy (non-hydrogen) atoms. The van der Waals surface area contributed by atoms with E-state index >= 15 is 4.39 Å². The number of aromatic hydroxyl groups is 1. The lowest BCUT2D eigenvalue weighted by molar-refractivity contribution is -0.153. The van der Waals surface area contributed by atoms with Gasteiger partial charge in [0.2, 0.25) is 5.78 Å². The van der Waals surface area contributed by atoms with Crippen molar-refractivity contribution >= 4 is 23.2 Å². The number of primary amides is 1. The number of likely N-dealkylation sites (N-methyl/N-ethyl adjacent to an activating group) is 1. The average molecular weight is 507 g/mol. The summed E-state index contributed by atoms with van der Waals surface area (Å²) in [6, 6.07) is -1.26. The number of hydrogen-bond acceptors (Lipinski definition) is 9. The van der Waals surface area contributed by atoms with Crippen molar-refractivity contribution in [1.82, 2.24) is 9.80 Å². The van der Waals surface area contributed by atoms with Gasteiger partial charge < -0.3 is 31.1 Å². The number of phenols is 1. The molecule has 1 fully saturated rings. The number of fused-ring (bicyclic) bond motifs is 3. The van der Waals surface area contributed by atoms with Crippen LogP contribution < -0.4 is 5.73 Å². The van der Waals surface area contributed by atoms with Crippen LogP contribution in [0.4, 0.5) is 8.78 Å². The van der Waals surface area contributed by atoms with E-state index in [4.69, 9.17) is 5.73 Å². The smallest absolute Gasteiger partial charge is 0.255 e. The highest BCUT2D eigenvalue weighted by Gasteiger charge is 2.64. The molecule has 194 valence electrons. The first-order valence-corrected chi connectivity index (χ1v) is 11.2. The van der Waals surface area contributed by atoms with E-state index in [0.29, 0.717) is 0 Å². The van der Waals surface area contributed by atoms with E-state index < -0.39 is 92.1 Å². The molecule has 0 unspecified atom stereocenters. The molecule has 1 saturated carbocycles. The van der Waals surface area contributed by atoms with Crippen LogP contribution in [-0.4, -0.2) is 87.5 Å². The fraction of sp³-hybridized carbons (Fsp3) is 0.458. The van der Waals surface area contributed by atoms with Crippen molar-refractivity contribution in [1.29, 1.82) is 0 Å². The summed E-state index contributed by atoms with van der Waals surface area (Å²) < 4.78 is 30.0. The van der Waals surface area contributed by atoms with Crippen molar-refractivity contribution < 1.29 is 43.6 Å². The molecule has 3 aliphatic rings. The lowest BCUT2D eigenvalue weighted by Crippen LogP contribution is -2.65. The minimum Gasteiger partial charge on any atom is -0.508 e. The number of carbonyl (C=O) groups is 3. The SMILES string of the molecule is CN(C)Cc1c(O)c2c(c(F)c1F)C[C@H]1C[C@H]3[C@H](N(C)C)C(=O)C(C(N)=O)=C(O)[C@@]3(O)C(=O)C1=C2O. The van der Waals surface area contributed by atoms with Gasteiger partial charge in [0.15, 0.2) is 23.0 Å². The number of benzene rings is 1. The Labute approximate surface area is 204 Å². The monoisotopic (exact) mass is 507 g/mol. The first-order valence-electron chi connectivity index (χ1n) is 11.2. The molecule has 4 rings (SSSR count). The fourth-order valence-corrected chi connectivity index (χ4v) is 5.81. The summed E-state index contributed by atoms with van der Waals surface area (Å²) >= 11 is 0. The highest BCUT2D eigenvalue weighted by Crippen LogP contribution is 2.53. The Kier molecular flexibility index (Phi) is 5.97. The van der Waals surface area contributed by atoms with Crippen molar-refractivity contribution in [3.05, 3.63) is 45.2 Å². The second kappa shape index (κ2) is 8.36. The molecule has 10 nitrogen and oxygen atoms in total. The van der Waals surface area contributed by atoms with E-state index in [9.17, 15) is 39.2 Å². The van der Waals surface area contributed by atoms with Crippen molar-refractivity contribution in [2.45, 2.75) is 31.0 Å². The fourth-order valence-electron chi connectivity index (χ4n) is 5.81. The van der Waals surface area contributed by atoms with Gasteiger partial charge in [-0.25, -0.2) is 8.78 Å². The second-order valence-electron chi connectivity index (χ2n) is 10.0. The molecule has 1 amide bonds. The van der Waals surface area contributed by atoms with Gasteiger partial charge in [0.05, 0.1) is 11.6 Å². The van der Waals surface area contributed by atoms with Gasteiger partial charge in [-0.15, -0.1) is 0 Å². The Morgan fingerprint density at radius 2 is 1.72 bits per heavy atom. The molecule has 1 aromatic carbocycles. The maximum atomic E-state index is 15.1. The maximum Gasteiger partial charge on any atom is 0.255 e. The van der Waals surface area contributed by atoms with Crippen molar-refractivity contribution in [3.8, 4) is 5.75 Å². The van der Waals surface area contributed by atoms with Gasteiger partial charge in [-0.05, 0) is 47.0 Å². The Morgan fingerprint density at radius 1 is 1.11 bits per heavy atom.